The minimum absolute atomic E-state index is 0.0162. The third-order valence-electron chi connectivity index (χ3n) is 1.69. The monoisotopic (exact) mass is 265 g/mol. The van der Waals surface area contributed by atoms with Crippen molar-refractivity contribution in [2.24, 2.45) is 4.99 Å². The van der Waals surface area contributed by atoms with Gasteiger partial charge in [0.2, 0.25) is 6.08 Å². The van der Waals surface area contributed by atoms with Crippen molar-refractivity contribution in [2.45, 2.75) is 13.1 Å². The Kier molecular flexibility index (Phi) is 4.03. The van der Waals surface area contributed by atoms with Crippen molar-refractivity contribution in [2.75, 3.05) is 6.61 Å². The highest BCUT2D eigenvalue weighted by Crippen LogP contribution is 2.42. The molecule has 4 nitrogen and oxygen atoms in total. The first-order chi connectivity index (χ1) is 7.91. The molecule has 1 heterocycles. The average Bonchev–Trinajstić information content (AvgIpc) is 2.62. The summed E-state index contributed by atoms with van der Waals surface area (Å²) in [6.07, 6.45) is -3.69. The second-order valence-corrected chi connectivity index (χ2v) is 3.63. The molecule has 1 aromatic heterocycles. The van der Waals surface area contributed by atoms with Crippen LogP contribution in [-0.2, 0) is 15.7 Å². The molecule has 17 heavy (non-hydrogen) atoms. The van der Waals surface area contributed by atoms with Gasteiger partial charge in [0.05, 0.1) is 12.2 Å². The molecule has 0 saturated carbocycles. The van der Waals surface area contributed by atoms with Gasteiger partial charge in [-0.2, -0.15) is 18.2 Å². The fourth-order valence-corrected chi connectivity index (χ4v) is 1.95. The lowest BCUT2D eigenvalue weighted by atomic mass is 10.2. The van der Waals surface area contributed by atoms with Gasteiger partial charge in [0.15, 0.2) is 0 Å². The minimum atomic E-state index is -4.68. The van der Waals surface area contributed by atoms with E-state index in [1.165, 1.54) is 6.92 Å². The zero-order chi connectivity index (χ0) is 13.1. The summed E-state index contributed by atoms with van der Waals surface area (Å²) in [5.41, 5.74) is -1.88. The number of rotatable bonds is 3. The number of isocyanates is 1. The third-order valence-corrected chi connectivity index (χ3v) is 2.64. The first-order valence-electron chi connectivity index (χ1n) is 4.35. The van der Waals surface area contributed by atoms with Gasteiger partial charge < -0.3 is 4.74 Å². The van der Waals surface area contributed by atoms with E-state index in [0.29, 0.717) is 16.7 Å². The fraction of sp³-hybridized carbons (Fsp3) is 0.333. The zero-order valence-corrected chi connectivity index (χ0v) is 9.32. The van der Waals surface area contributed by atoms with Crippen LogP contribution in [0.4, 0.5) is 18.9 Å². The first kappa shape index (κ1) is 13.4. The maximum absolute atomic E-state index is 12.5. The predicted octanol–water partition coefficient (Wildman–Crippen LogP) is 2.91. The largest absolute Gasteiger partial charge is 0.462 e. The number of ether oxygens (including phenoxy) is 1. The molecule has 0 amide bonds. The van der Waals surface area contributed by atoms with E-state index in [-0.39, 0.29) is 11.5 Å². The van der Waals surface area contributed by atoms with E-state index < -0.39 is 23.4 Å². The molecule has 0 saturated heterocycles. The summed E-state index contributed by atoms with van der Waals surface area (Å²) in [6.45, 7) is 1.53. The van der Waals surface area contributed by atoms with E-state index in [1.807, 2.05) is 0 Å². The summed E-state index contributed by atoms with van der Waals surface area (Å²) in [7, 11) is 0. The van der Waals surface area contributed by atoms with Gasteiger partial charge in [-0.05, 0) is 6.92 Å². The van der Waals surface area contributed by atoms with Crippen LogP contribution in [0.25, 0.3) is 0 Å². The van der Waals surface area contributed by atoms with Gasteiger partial charge in [-0.1, -0.05) is 0 Å². The molecule has 1 aromatic rings. The lowest BCUT2D eigenvalue weighted by molar-refractivity contribution is -0.136. The number of hydrogen-bond acceptors (Lipinski definition) is 5. The van der Waals surface area contributed by atoms with Crippen LogP contribution in [0.2, 0.25) is 0 Å². The lowest BCUT2D eigenvalue weighted by Gasteiger charge is -2.04. The van der Waals surface area contributed by atoms with Crippen LogP contribution in [0, 0.1) is 0 Å². The molecular formula is C9H6F3NO3S. The maximum atomic E-state index is 12.5. The standard InChI is InChI=1S/C9H6F3NO3S/c1-2-16-8(15)7-6(13-4-14)5(3-17-7)9(10,11)12/h3H,2H2,1H3. The van der Waals surface area contributed by atoms with E-state index in [4.69, 9.17) is 0 Å². The van der Waals surface area contributed by atoms with Gasteiger partial charge in [-0.25, -0.2) is 9.59 Å². The second-order valence-electron chi connectivity index (χ2n) is 2.75. The Hall–Kier alpha value is -1.66. The van der Waals surface area contributed by atoms with Gasteiger partial charge in [-0.15, -0.1) is 11.3 Å². The van der Waals surface area contributed by atoms with Crippen molar-refractivity contribution in [3.8, 4) is 0 Å². The molecule has 1 rings (SSSR count). The van der Waals surface area contributed by atoms with Crippen molar-refractivity contribution in [1.82, 2.24) is 0 Å². The molecule has 0 aliphatic rings. The quantitative estimate of drug-likeness (QED) is 0.479. The number of aliphatic imine (C=N–C) groups is 1. The van der Waals surface area contributed by atoms with E-state index in [2.05, 4.69) is 9.73 Å². The Labute approximate surface area is 97.7 Å². The highest BCUT2D eigenvalue weighted by atomic mass is 32.1. The summed E-state index contributed by atoms with van der Waals surface area (Å²) in [5.74, 6) is -0.943. The Morgan fingerprint density at radius 3 is 2.71 bits per heavy atom. The number of thiophene rings is 1. The summed E-state index contributed by atoms with van der Waals surface area (Å²) < 4.78 is 42.1. The van der Waals surface area contributed by atoms with Crippen LogP contribution in [0.15, 0.2) is 10.4 Å². The van der Waals surface area contributed by atoms with Crippen LogP contribution >= 0.6 is 11.3 Å². The van der Waals surface area contributed by atoms with Gasteiger partial charge in [0, 0.05) is 5.38 Å². The van der Waals surface area contributed by atoms with Crippen molar-refractivity contribution in [3.05, 3.63) is 15.8 Å². The Balaban J connectivity index is 3.29. The number of alkyl halides is 3. The van der Waals surface area contributed by atoms with E-state index in [1.54, 1.807) is 0 Å². The van der Waals surface area contributed by atoms with Gasteiger partial charge in [-0.3, -0.25) is 0 Å². The first-order valence-corrected chi connectivity index (χ1v) is 5.23. The summed E-state index contributed by atoms with van der Waals surface area (Å²) in [6, 6.07) is 0. The smallest absolute Gasteiger partial charge is 0.419 e. The average molecular weight is 265 g/mol. The zero-order valence-electron chi connectivity index (χ0n) is 8.50. The van der Waals surface area contributed by atoms with Crippen molar-refractivity contribution < 1.29 is 27.5 Å². The topological polar surface area (TPSA) is 55.7 Å². The molecule has 0 atom stereocenters. The number of esters is 1. The summed E-state index contributed by atoms with van der Waals surface area (Å²) in [5, 5.41) is 0.711. The van der Waals surface area contributed by atoms with Crippen LogP contribution in [-0.4, -0.2) is 18.7 Å². The Morgan fingerprint density at radius 1 is 1.59 bits per heavy atom. The molecule has 0 bridgehead atoms. The molecule has 92 valence electrons. The molecule has 0 fully saturated rings. The molecule has 8 heteroatoms. The van der Waals surface area contributed by atoms with Crippen LogP contribution in [0.5, 0.6) is 0 Å². The molecule has 0 radical (unpaired) electrons. The summed E-state index contributed by atoms with van der Waals surface area (Å²) in [4.78, 5) is 24.0. The van der Waals surface area contributed by atoms with Crippen molar-refractivity contribution in [3.63, 3.8) is 0 Å². The minimum Gasteiger partial charge on any atom is -0.462 e. The lowest BCUT2D eigenvalue weighted by Crippen LogP contribution is -2.06. The Bertz CT molecular complexity index is 474. The molecule has 0 aromatic carbocycles. The molecular weight excluding hydrogens is 259 g/mol. The molecule has 0 N–H and O–H groups in total. The van der Waals surface area contributed by atoms with Crippen molar-refractivity contribution >= 4 is 29.1 Å². The molecule has 0 aliphatic carbocycles. The van der Waals surface area contributed by atoms with E-state index in [9.17, 15) is 22.8 Å². The van der Waals surface area contributed by atoms with Crippen molar-refractivity contribution in [1.29, 1.82) is 0 Å². The predicted molar refractivity (Wildman–Crippen MR) is 53.1 cm³/mol. The van der Waals surface area contributed by atoms with Gasteiger partial charge in [0.1, 0.15) is 10.6 Å². The molecule has 0 aliphatic heterocycles. The van der Waals surface area contributed by atoms with Gasteiger partial charge in [0.25, 0.3) is 0 Å². The highest BCUT2D eigenvalue weighted by Gasteiger charge is 2.37. The van der Waals surface area contributed by atoms with E-state index in [0.717, 1.165) is 6.08 Å². The van der Waals surface area contributed by atoms with Crippen LogP contribution < -0.4 is 0 Å². The van der Waals surface area contributed by atoms with E-state index >= 15 is 0 Å². The second kappa shape index (κ2) is 5.11. The number of hydrogen-bond donors (Lipinski definition) is 0. The number of carbonyl (C=O) groups excluding carboxylic acids is 2. The molecule has 0 unspecified atom stereocenters. The number of halogens is 3. The Morgan fingerprint density at radius 2 is 2.24 bits per heavy atom. The SMILES string of the molecule is CCOC(=O)c1scc(C(F)(F)F)c1N=C=O. The molecule has 0 spiro atoms. The summed E-state index contributed by atoms with van der Waals surface area (Å²) >= 11 is 0.524. The fourth-order valence-electron chi connectivity index (χ4n) is 1.05. The van der Waals surface area contributed by atoms with Crippen LogP contribution in [0.3, 0.4) is 0 Å². The van der Waals surface area contributed by atoms with Gasteiger partial charge >= 0.3 is 12.1 Å². The highest BCUT2D eigenvalue weighted by molar-refractivity contribution is 7.12. The van der Waals surface area contributed by atoms with Crippen LogP contribution in [0.1, 0.15) is 22.2 Å². The third kappa shape index (κ3) is 2.92. The maximum Gasteiger partial charge on any atom is 0.419 e. The number of carbonyl (C=O) groups is 1. The normalized spacial score (nSPS) is 10.8. The number of nitrogens with zero attached hydrogens (tertiary/aromatic N) is 1.